The van der Waals surface area contributed by atoms with Crippen LogP contribution in [-0.2, 0) is 13.0 Å². The summed E-state index contributed by atoms with van der Waals surface area (Å²) >= 11 is 1.74. The van der Waals surface area contributed by atoms with Crippen LogP contribution < -0.4 is 10.1 Å². The number of nitrogens with zero attached hydrogens (tertiary/aromatic N) is 3. The number of rotatable bonds is 8. The first-order valence-electron chi connectivity index (χ1n) is 9.10. The molecule has 0 bridgehead atoms. The van der Waals surface area contributed by atoms with Crippen LogP contribution in [0.15, 0.2) is 34.6 Å². The van der Waals surface area contributed by atoms with Gasteiger partial charge in [0.2, 0.25) is 0 Å². The number of thiazole rings is 1. The molecule has 1 aromatic heterocycles. The van der Waals surface area contributed by atoms with E-state index in [0.717, 1.165) is 49.0 Å². The quantitative estimate of drug-likeness (QED) is 0.328. The number of aromatic nitrogens is 1. The summed E-state index contributed by atoms with van der Waals surface area (Å²) < 4.78 is 5.45. The molecule has 2 rings (SSSR count). The van der Waals surface area contributed by atoms with Gasteiger partial charge in [-0.2, -0.15) is 0 Å². The molecule has 0 fully saturated rings. The molecule has 0 radical (unpaired) electrons. The van der Waals surface area contributed by atoms with Crippen LogP contribution in [0.1, 0.15) is 43.0 Å². The van der Waals surface area contributed by atoms with E-state index in [-0.39, 0.29) is 24.0 Å². The molecule has 0 amide bonds. The Morgan fingerprint density at radius 3 is 2.70 bits per heavy atom. The second-order valence-corrected chi connectivity index (χ2v) is 7.38. The molecule has 0 spiro atoms. The first-order chi connectivity index (χ1) is 12.5. The van der Waals surface area contributed by atoms with Gasteiger partial charge in [0.05, 0.1) is 17.8 Å². The summed E-state index contributed by atoms with van der Waals surface area (Å²) in [4.78, 5) is 11.6. The lowest BCUT2D eigenvalue weighted by molar-refractivity contribution is 0.396. The molecule has 7 heteroatoms. The number of hydrogen-bond donors (Lipinski definition) is 1. The lowest BCUT2D eigenvalue weighted by atomic mass is 10.2. The number of nitrogens with one attached hydrogen (secondary N) is 1. The van der Waals surface area contributed by atoms with Crippen LogP contribution in [0.2, 0.25) is 0 Å². The fourth-order valence-electron chi connectivity index (χ4n) is 2.61. The third-order valence-electron chi connectivity index (χ3n) is 3.99. The predicted octanol–water partition coefficient (Wildman–Crippen LogP) is 4.53. The zero-order chi connectivity index (χ0) is 18.9. The van der Waals surface area contributed by atoms with Crippen LogP contribution in [0, 0.1) is 0 Å². The normalized spacial score (nSPS) is 11.3. The van der Waals surface area contributed by atoms with Gasteiger partial charge in [-0.05, 0) is 13.0 Å². The summed E-state index contributed by atoms with van der Waals surface area (Å²) in [5, 5.41) is 6.71. The highest BCUT2D eigenvalue weighted by Crippen LogP contribution is 2.20. The third kappa shape index (κ3) is 7.29. The number of guanidine groups is 1. The van der Waals surface area contributed by atoms with Crippen LogP contribution in [-0.4, -0.2) is 43.1 Å². The van der Waals surface area contributed by atoms with E-state index in [1.165, 1.54) is 5.01 Å². The van der Waals surface area contributed by atoms with Crippen molar-refractivity contribution in [3.05, 3.63) is 45.9 Å². The molecule has 150 valence electrons. The SMILES string of the molecule is CCNC(=NCCc1csc(C(C)C)n1)N(C)Cc1ccccc1OC.I. The Kier molecular flexibility index (Phi) is 10.7. The van der Waals surface area contributed by atoms with Crippen molar-refractivity contribution in [1.82, 2.24) is 15.2 Å². The number of methoxy groups -OCH3 is 1. The van der Waals surface area contributed by atoms with Gasteiger partial charge in [0.1, 0.15) is 5.75 Å². The van der Waals surface area contributed by atoms with Crippen molar-refractivity contribution < 1.29 is 4.74 Å². The van der Waals surface area contributed by atoms with Gasteiger partial charge in [0.15, 0.2) is 5.96 Å². The second-order valence-electron chi connectivity index (χ2n) is 6.49. The Morgan fingerprint density at radius 2 is 2.07 bits per heavy atom. The number of aliphatic imine (C=N–C) groups is 1. The van der Waals surface area contributed by atoms with E-state index in [9.17, 15) is 0 Å². The maximum atomic E-state index is 5.45. The van der Waals surface area contributed by atoms with E-state index < -0.39 is 0 Å². The Bertz CT molecular complexity index is 718. The fourth-order valence-corrected chi connectivity index (χ4v) is 3.48. The largest absolute Gasteiger partial charge is 0.496 e. The van der Waals surface area contributed by atoms with Gasteiger partial charge in [-0.25, -0.2) is 4.98 Å². The monoisotopic (exact) mass is 502 g/mol. The molecule has 1 aromatic carbocycles. The molecule has 2 aromatic rings. The number of halogens is 1. The molecule has 0 aliphatic heterocycles. The lowest BCUT2D eigenvalue weighted by Gasteiger charge is -2.23. The molecule has 5 nitrogen and oxygen atoms in total. The van der Waals surface area contributed by atoms with Gasteiger partial charge in [-0.3, -0.25) is 4.99 Å². The molecule has 0 atom stereocenters. The van der Waals surface area contributed by atoms with E-state index in [1.807, 2.05) is 25.2 Å². The Hall–Kier alpha value is -1.35. The van der Waals surface area contributed by atoms with Gasteiger partial charge in [0, 0.05) is 50.0 Å². The standard InChI is InChI=1S/C20H30N4OS.HI/c1-6-21-20(22-12-11-17-14-26-19(23-17)15(2)3)24(4)13-16-9-7-8-10-18(16)25-5;/h7-10,14-15H,6,11-13H2,1-5H3,(H,21,22);1H. The maximum absolute atomic E-state index is 5.45. The van der Waals surface area contributed by atoms with Crippen LogP contribution in [0.3, 0.4) is 0 Å². The van der Waals surface area contributed by atoms with Crippen molar-refractivity contribution in [2.24, 2.45) is 4.99 Å². The summed E-state index contributed by atoms with van der Waals surface area (Å²) in [5.41, 5.74) is 2.27. The van der Waals surface area contributed by atoms with Crippen molar-refractivity contribution in [3.63, 3.8) is 0 Å². The highest BCUT2D eigenvalue weighted by Gasteiger charge is 2.10. The molecular formula is C20H31IN4OS. The third-order valence-corrected chi connectivity index (χ3v) is 5.18. The number of para-hydroxylation sites is 1. The van der Waals surface area contributed by atoms with Crippen molar-refractivity contribution in [1.29, 1.82) is 0 Å². The van der Waals surface area contributed by atoms with E-state index in [4.69, 9.17) is 9.73 Å². The molecule has 0 unspecified atom stereocenters. The van der Waals surface area contributed by atoms with Crippen molar-refractivity contribution in [2.45, 2.75) is 39.7 Å². The minimum atomic E-state index is 0. The van der Waals surface area contributed by atoms with E-state index in [2.05, 4.69) is 47.4 Å². The summed E-state index contributed by atoms with van der Waals surface area (Å²) in [6.45, 7) is 8.74. The molecule has 0 saturated heterocycles. The molecule has 1 heterocycles. The van der Waals surface area contributed by atoms with Crippen molar-refractivity contribution in [2.75, 3.05) is 27.2 Å². The molecule has 1 N–H and O–H groups in total. The first-order valence-corrected chi connectivity index (χ1v) is 9.98. The zero-order valence-corrected chi connectivity index (χ0v) is 20.0. The maximum Gasteiger partial charge on any atom is 0.193 e. The van der Waals surface area contributed by atoms with Crippen LogP contribution in [0.25, 0.3) is 0 Å². The summed E-state index contributed by atoms with van der Waals surface area (Å²) in [6, 6.07) is 8.09. The molecule has 27 heavy (non-hydrogen) atoms. The minimum Gasteiger partial charge on any atom is -0.496 e. The summed E-state index contributed by atoms with van der Waals surface area (Å²) in [5.74, 6) is 2.29. The van der Waals surface area contributed by atoms with Gasteiger partial charge >= 0.3 is 0 Å². The van der Waals surface area contributed by atoms with Crippen LogP contribution >= 0.6 is 35.3 Å². The smallest absolute Gasteiger partial charge is 0.193 e. The van der Waals surface area contributed by atoms with Crippen LogP contribution in [0.4, 0.5) is 0 Å². The Balaban J connectivity index is 0.00000364. The predicted molar refractivity (Wildman–Crippen MR) is 126 cm³/mol. The Labute approximate surface area is 184 Å². The topological polar surface area (TPSA) is 49.8 Å². The average Bonchev–Trinajstić information content (AvgIpc) is 3.10. The molecule has 0 saturated carbocycles. The van der Waals surface area contributed by atoms with Gasteiger partial charge in [-0.1, -0.05) is 32.0 Å². The first kappa shape index (κ1) is 23.7. The molecular weight excluding hydrogens is 471 g/mol. The van der Waals surface area contributed by atoms with Gasteiger partial charge in [0.25, 0.3) is 0 Å². The lowest BCUT2D eigenvalue weighted by Crippen LogP contribution is -2.38. The van der Waals surface area contributed by atoms with E-state index in [0.29, 0.717) is 5.92 Å². The average molecular weight is 502 g/mol. The van der Waals surface area contributed by atoms with Crippen LogP contribution in [0.5, 0.6) is 5.75 Å². The Morgan fingerprint density at radius 1 is 1.33 bits per heavy atom. The number of benzene rings is 1. The number of hydrogen-bond acceptors (Lipinski definition) is 4. The fraction of sp³-hybridized carbons (Fsp3) is 0.500. The molecule has 0 aliphatic rings. The van der Waals surface area contributed by atoms with Gasteiger partial charge in [-0.15, -0.1) is 35.3 Å². The second kappa shape index (κ2) is 12.2. The summed E-state index contributed by atoms with van der Waals surface area (Å²) in [6.07, 6.45) is 0.862. The zero-order valence-electron chi connectivity index (χ0n) is 16.9. The van der Waals surface area contributed by atoms with Gasteiger partial charge < -0.3 is 15.0 Å². The number of ether oxygens (including phenoxy) is 1. The van der Waals surface area contributed by atoms with E-state index >= 15 is 0 Å². The summed E-state index contributed by atoms with van der Waals surface area (Å²) in [7, 11) is 3.76. The van der Waals surface area contributed by atoms with E-state index in [1.54, 1.807) is 18.4 Å². The highest BCUT2D eigenvalue weighted by molar-refractivity contribution is 14.0. The van der Waals surface area contributed by atoms with Crippen molar-refractivity contribution >= 4 is 41.3 Å². The minimum absolute atomic E-state index is 0. The van der Waals surface area contributed by atoms with Crippen molar-refractivity contribution in [3.8, 4) is 5.75 Å². The molecule has 0 aliphatic carbocycles. The highest BCUT2D eigenvalue weighted by atomic mass is 127.